The Hall–Kier alpha value is -1.72. The van der Waals surface area contributed by atoms with Crippen LogP contribution in [0.5, 0.6) is 0 Å². The first-order valence-electron chi connectivity index (χ1n) is 10.6. The number of alkyl halides is 3. The van der Waals surface area contributed by atoms with Gasteiger partial charge in [-0.05, 0) is 88.4 Å². The van der Waals surface area contributed by atoms with Gasteiger partial charge in [-0.3, -0.25) is 0 Å². The maximum atomic E-state index is 13.9. The molecule has 1 aromatic heterocycles. The molecule has 182 valence electrons. The number of nitrogens with one attached hydrogen (secondary N) is 1. The Morgan fingerprint density at radius 1 is 1.12 bits per heavy atom. The van der Waals surface area contributed by atoms with Crippen molar-refractivity contribution in [2.24, 2.45) is 11.7 Å². The quantitative estimate of drug-likeness (QED) is 0.401. The lowest BCUT2D eigenvalue weighted by atomic mass is 9.85. The van der Waals surface area contributed by atoms with Crippen molar-refractivity contribution in [2.45, 2.75) is 62.6 Å². The monoisotopic (exact) mass is 487 g/mol. The van der Waals surface area contributed by atoms with E-state index < -0.39 is 51.5 Å². The molecule has 5 nitrogen and oxygen atoms in total. The molecule has 1 fully saturated rings. The molecule has 1 heterocycles. The van der Waals surface area contributed by atoms with Crippen LogP contribution in [0.15, 0.2) is 36.4 Å². The van der Waals surface area contributed by atoms with Gasteiger partial charge in [-0.2, -0.15) is 13.2 Å². The Balaban J connectivity index is 2.23. The molecule has 1 saturated carbocycles. The van der Waals surface area contributed by atoms with Crippen molar-refractivity contribution in [3.05, 3.63) is 53.5 Å². The summed E-state index contributed by atoms with van der Waals surface area (Å²) in [6.07, 6.45) is -3.48. The molecule has 0 bridgehead atoms. The van der Waals surface area contributed by atoms with Gasteiger partial charge in [0, 0.05) is 23.5 Å². The minimum Gasteiger partial charge on any atom is -0.598 e. The summed E-state index contributed by atoms with van der Waals surface area (Å²) >= 11 is -1.52. The fourth-order valence-corrected chi connectivity index (χ4v) is 4.54. The van der Waals surface area contributed by atoms with Crippen LogP contribution in [0.25, 0.3) is 11.3 Å². The molecule has 2 aromatic rings. The van der Waals surface area contributed by atoms with Gasteiger partial charge < -0.3 is 15.4 Å². The van der Waals surface area contributed by atoms with Gasteiger partial charge in [0.1, 0.15) is 10.6 Å². The van der Waals surface area contributed by atoms with Crippen molar-refractivity contribution in [1.82, 2.24) is 9.71 Å². The van der Waals surface area contributed by atoms with Crippen molar-refractivity contribution in [2.75, 3.05) is 6.54 Å². The third-order valence-electron chi connectivity index (χ3n) is 6.01. The first kappa shape index (κ1) is 25.9. The molecule has 10 heteroatoms. The highest BCUT2D eigenvalue weighted by Gasteiger charge is 2.56. The van der Waals surface area contributed by atoms with E-state index in [0.717, 1.165) is 12.8 Å². The molecule has 0 amide bonds. The number of nitrogens with zero attached hydrogens (tertiary/aromatic N) is 1. The van der Waals surface area contributed by atoms with E-state index in [0.29, 0.717) is 11.1 Å². The fraction of sp³-hybridized carbons (Fsp3) is 0.522. The van der Waals surface area contributed by atoms with Gasteiger partial charge >= 0.3 is 6.18 Å². The highest BCUT2D eigenvalue weighted by molar-refractivity contribution is 7.90. The normalized spacial score (nSPS) is 19.6. The largest absolute Gasteiger partial charge is 0.598 e. The summed E-state index contributed by atoms with van der Waals surface area (Å²) in [4.78, 5) is 4.09. The third kappa shape index (κ3) is 5.19. The summed E-state index contributed by atoms with van der Waals surface area (Å²) in [7, 11) is 0. The number of rotatable bonds is 7. The summed E-state index contributed by atoms with van der Waals surface area (Å²) in [5.74, 6) is -0.481. The Labute approximate surface area is 194 Å². The van der Waals surface area contributed by atoms with Gasteiger partial charge in [0.2, 0.25) is 5.60 Å². The summed E-state index contributed by atoms with van der Waals surface area (Å²) in [5.41, 5.74) is 1.26. The molecule has 1 aliphatic rings. The van der Waals surface area contributed by atoms with Gasteiger partial charge in [-0.25, -0.2) is 9.37 Å². The van der Waals surface area contributed by atoms with E-state index in [4.69, 9.17) is 5.73 Å². The van der Waals surface area contributed by atoms with Crippen LogP contribution in [0.1, 0.15) is 51.8 Å². The van der Waals surface area contributed by atoms with Crippen molar-refractivity contribution < 1.29 is 27.2 Å². The average molecular weight is 488 g/mol. The maximum absolute atomic E-state index is 13.9. The van der Waals surface area contributed by atoms with E-state index >= 15 is 0 Å². The van der Waals surface area contributed by atoms with Gasteiger partial charge in [0.15, 0.2) is 0 Å². The molecule has 1 aliphatic carbocycles. The number of aromatic nitrogens is 1. The summed E-state index contributed by atoms with van der Waals surface area (Å²) in [6.45, 7) is 6.04. The number of pyridine rings is 1. The van der Waals surface area contributed by atoms with E-state index in [9.17, 15) is 27.2 Å². The van der Waals surface area contributed by atoms with Crippen LogP contribution in [0, 0.1) is 11.7 Å². The van der Waals surface area contributed by atoms with Gasteiger partial charge in [0.25, 0.3) is 0 Å². The second kappa shape index (κ2) is 8.81. The highest BCUT2D eigenvalue weighted by Crippen LogP contribution is 2.48. The summed E-state index contributed by atoms with van der Waals surface area (Å²) < 4.78 is 70.5. The Morgan fingerprint density at radius 2 is 1.70 bits per heavy atom. The number of hydrogen-bond donors (Lipinski definition) is 3. The molecule has 3 atom stereocenters. The van der Waals surface area contributed by atoms with E-state index in [1.54, 1.807) is 33.8 Å². The molecule has 0 spiro atoms. The van der Waals surface area contributed by atoms with Crippen molar-refractivity contribution in [3.63, 3.8) is 0 Å². The smallest absolute Gasteiger partial charge is 0.424 e. The zero-order valence-electron chi connectivity index (χ0n) is 19.0. The Bertz CT molecular complexity index is 993. The highest BCUT2D eigenvalue weighted by atomic mass is 32.2. The zero-order chi connectivity index (χ0) is 24.8. The van der Waals surface area contributed by atoms with Crippen LogP contribution < -0.4 is 10.5 Å². The lowest BCUT2D eigenvalue weighted by molar-refractivity contribution is -0.263. The molecular weight excluding hydrogens is 458 g/mol. The van der Waals surface area contributed by atoms with Crippen molar-refractivity contribution in [3.8, 4) is 11.3 Å². The minimum atomic E-state index is -5.08. The van der Waals surface area contributed by atoms with Gasteiger partial charge in [-0.1, -0.05) is 0 Å². The maximum Gasteiger partial charge on any atom is 0.424 e. The van der Waals surface area contributed by atoms with Gasteiger partial charge in [-0.15, -0.1) is 4.72 Å². The van der Waals surface area contributed by atoms with E-state index in [-0.39, 0.29) is 11.6 Å². The molecule has 4 N–H and O–H groups in total. The number of hydrogen-bond acceptors (Lipinski definition) is 5. The number of nitrogens with two attached hydrogens (primary N) is 1. The van der Waals surface area contributed by atoms with Crippen molar-refractivity contribution in [1.29, 1.82) is 0 Å². The van der Waals surface area contributed by atoms with Crippen LogP contribution in [0.2, 0.25) is 0 Å². The van der Waals surface area contributed by atoms with Crippen LogP contribution >= 0.6 is 0 Å². The minimum absolute atomic E-state index is 0.0250. The number of aliphatic hydroxyl groups is 1. The van der Waals surface area contributed by atoms with E-state index in [2.05, 4.69) is 9.71 Å². The third-order valence-corrected chi connectivity index (χ3v) is 7.73. The lowest BCUT2D eigenvalue weighted by Crippen LogP contribution is -2.52. The Kier molecular flexibility index (Phi) is 6.91. The molecule has 0 radical (unpaired) electrons. The fourth-order valence-electron chi connectivity index (χ4n) is 3.56. The van der Waals surface area contributed by atoms with Crippen LogP contribution in [0.3, 0.4) is 0 Å². The molecular formula is C23H29F4N3O2S. The lowest BCUT2D eigenvalue weighted by Gasteiger charge is -2.37. The topological polar surface area (TPSA) is 94.2 Å². The molecule has 0 saturated heterocycles. The summed E-state index contributed by atoms with van der Waals surface area (Å²) in [5, 5.41) is 10.5. The number of benzene rings is 1. The van der Waals surface area contributed by atoms with Crippen LogP contribution in [0.4, 0.5) is 17.6 Å². The molecule has 0 aliphatic heterocycles. The number of halogens is 4. The second-order valence-electron chi connectivity index (χ2n) is 9.66. The molecule has 3 unspecified atom stereocenters. The first-order valence-corrected chi connectivity index (χ1v) is 11.7. The van der Waals surface area contributed by atoms with Crippen molar-refractivity contribution >= 4 is 11.4 Å². The van der Waals surface area contributed by atoms with Crippen LogP contribution in [-0.2, 0) is 22.5 Å². The van der Waals surface area contributed by atoms with Gasteiger partial charge in [0.05, 0.1) is 16.9 Å². The standard InChI is InChI=1S/C23H29F4N3O2S/c1-20(2,3)33(32)30-21(4,15-7-8-15)16-11-18(14-5-9-17(24)10-6-14)29-19(12-16)22(31,13-28)23(25,26)27/h5-6,9-12,15,30-31H,7-8,13,28H2,1-4H3. The predicted molar refractivity (Wildman–Crippen MR) is 120 cm³/mol. The second-order valence-corrected chi connectivity index (χ2v) is 11.6. The SMILES string of the molecule is CC(N[S+]([O-])C(C)(C)C)(c1cc(-c2ccc(F)cc2)nc(C(O)(CN)C(F)(F)F)c1)C1CC1. The molecule has 33 heavy (non-hydrogen) atoms. The van der Waals surface area contributed by atoms with Crippen LogP contribution in [-0.4, -0.2) is 32.1 Å². The molecule has 3 rings (SSSR count). The predicted octanol–water partition coefficient (Wildman–Crippen LogP) is 4.27. The Morgan fingerprint density at radius 3 is 2.15 bits per heavy atom. The molecule has 1 aromatic carbocycles. The first-order chi connectivity index (χ1) is 15.1. The van der Waals surface area contributed by atoms with E-state index in [1.165, 1.54) is 30.3 Å². The average Bonchev–Trinajstić information content (AvgIpc) is 3.57. The zero-order valence-corrected chi connectivity index (χ0v) is 19.8. The van der Waals surface area contributed by atoms with E-state index in [1.807, 2.05) is 0 Å². The summed E-state index contributed by atoms with van der Waals surface area (Å²) in [6, 6.07) is 7.92.